The first-order chi connectivity index (χ1) is 34.0. The molecule has 8 rings (SSSR count). The van der Waals surface area contributed by atoms with Crippen molar-refractivity contribution < 1.29 is 51.9 Å². The van der Waals surface area contributed by atoms with Crippen LogP contribution in [0.15, 0.2) is 48.5 Å². The highest BCUT2D eigenvalue weighted by atomic mass is 35.5. The van der Waals surface area contributed by atoms with Crippen molar-refractivity contribution in [2.24, 2.45) is 0 Å². The Morgan fingerprint density at radius 2 is 1.50 bits per heavy atom. The molecule has 21 heteroatoms. The Morgan fingerprint density at radius 1 is 0.847 bits per heavy atom. The summed E-state index contributed by atoms with van der Waals surface area (Å²) in [6, 6.07) is 11.9. The Bertz CT molecular complexity index is 2970. The number of esters is 1. The third kappa shape index (κ3) is 10.5. The monoisotopic (exact) mass is 1090 g/mol. The second-order valence-electron chi connectivity index (χ2n) is 19.0. The lowest BCUT2D eigenvalue weighted by Gasteiger charge is -2.43. The average Bonchev–Trinajstić information content (AvgIpc) is 3.63. The van der Waals surface area contributed by atoms with E-state index in [0.717, 1.165) is 47.5 Å². The molecule has 0 saturated heterocycles. The van der Waals surface area contributed by atoms with E-state index in [1.54, 1.807) is 6.92 Å². The van der Waals surface area contributed by atoms with Crippen molar-refractivity contribution in [1.29, 1.82) is 0 Å². The minimum atomic E-state index is -4.97. The number of nitrogens with one attached hydrogen (secondary N) is 3. The van der Waals surface area contributed by atoms with Crippen molar-refractivity contribution in [2.45, 2.75) is 96.4 Å². The Labute approximate surface area is 436 Å². The Morgan fingerprint density at radius 3 is 2.19 bits per heavy atom. The Balaban J connectivity index is 0.849. The molecule has 0 fully saturated rings. The molecule has 4 aromatic rings. The van der Waals surface area contributed by atoms with Gasteiger partial charge in [-0.3, -0.25) is 24.2 Å². The highest BCUT2D eigenvalue weighted by Gasteiger charge is 2.57. The highest BCUT2D eigenvalue weighted by Crippen LogP contribution is 2.62. The maximum absolute atomic E-state index is 15.0. The van der Waals surface area contributed by atoms with Crippen molar-refractivity contribution in [3.63, 3.8) is 0 Å². The summed E-state index contributed by atoms with van der Waals surface area (Å²) in [7, 11) is -2.95. The van der Waals surface area contributed by atoms with Crippen LogP contribution in [0.4, 0.5) is 15.8 Å². The van der Waals surface area contributed by atoms with E-state index >= 15 is 4.39 Å². The molecule has 0 bridgehead atoms. The number of nitrogens with zero attached hydrogens (tertiary/aromatic N) is 2. The molecule has 0 radical (unpaired) electrons. The Hall–Kier alpha value is -5.06. The molecule has 72 heavy (non-hydrogen) atoms. The maximum Gasteiger partial charge on any atom is 0.524 e. The van der Waals surface area contributed by atoms with Crippen LogP contribution in [0.5, 0.6) is 17.2 Å². The number of ether oxygens (including phenoxy) is 2. The second-order valence-corrected chi connectivity index (χ2v) is 21.7. The molecule has 0 aromatic heterocycles. The van der Waals surface area contributed by atoms with Crippen molar-refractivity contribution in [3.8, 4) is 17.2 Å². The number of likely N-dealkylation sites (N-methyl/N-ethyl adjacent to an activating group) is 1. The zero-order valence-electron chi connectivity index (χ0n) is 40.3. The summed E-state index contributed by atoms with van der Waals surface area (Å²) >= 11 is 27.1. The van der Waals surface area contributed by atoms with E-state index in [-0.39, 0.29) is 81.0 Å². The number of benzene rings is 4. The molecule has 2 unspecified atom stereocenters. The molecule has 384 valence electrons. The molecular formula is C51H55Cl4FN5O10P. The van der Waals surface area contributed by atoms with E-state index in [2.05, 4.69) is 50.2 Å². The summed E-state index contributed by atoms with van der Waals surface area (Å²) in [5.74, 6) is -1.52. The SMILES string of the molecule is CC1=CC(C)(C)N(C)c2cc3c(cc21)C1(OC(=O)c2c(Cl)c(Cl)c(Cl)c(Cl)c21)c1cc2c(cc1O3)N(CCCC(=O)NCCNC(=O)CCCCCNC(=O)C(F)c1cc(C)ccc1OP(=O)(O)O)CCC2. The number of unbranched alkanes of at least 4 members (excludes halogenated alkanes) is 2. The first-order valence-corrected chi connectivity index (χ1v) is 26.7. The lowest BCUT2D eigenvalue weighted by molar-refractivity contribution is -0.126. The third-order valence-electron chi connectivity index (χ3n) is 13.6. The van der Waals surface area contributed by atoms with Crippen molar-refractivity contribution in [3.05, 3.63) is 113 Å². The predicted octanol–water partition coefficient (Wildman–Crippen LogP) is 10.4. The van der Waals surface area contributed by atoms with Gasteiger partial charge in [0.15, 0.2) is 5.60 Å². The van der Waals surface area contributed by atoms with Crippen LogP contribution in [0.1, 0.15) is 121 Å². The zero-order valence-corrected chi connectivity index (χ0v) is 44.2. The number of phosphoric ester groups is 1. The van der Waals surface area contributed by atoms with Crippen molar-refractivity contribution in [1.82, 2.24) is 16.0 Å². The van der Waals surface area contributed by atoms with Gasteiger partial charge in [-0.25, -0.2) is 13.8 Å². The quantitative estimate of drug-likeness (QED) is 0.0221. The zero-order chi connectivity index (χ0) is 52.0. The van der Waals surface area contributed by atoms with Crippen LogP contribution in [0.3, 0.4) is 0 Å². The van der Waals surface area contributed by atoms with Crippen LogP contribution in [0, 0.1) is 6.92 Å². The number of halogens is 5. The van der Waals surface area contributed by atoms with E-state index in [4.69, 9.17) is 65.7 Å². The molecule has 4 heterocycles. The Kier molecular flexibility index (Phi) is 15.6. The van der Waals surface area contributed by atoms with Gasteiger partial charge in [0.25, 0.3) is 5.91 Å². The van der Waals surface area contributed by atoms with Crippen LogP contribution in [-0.2, 0) is 35.7 Å². The molecule has 1 spiro atoms. The number of aryl methyl sites for hydroxylation is 2. The minimum Gasteiger partial charge on any atom is -0.456 e. The average molecular weight is 1090 g/mol. The van der Waals surface area contributed by atoms with Gasteiger partial charge in [0.2, 0.25) is 18.0 Å². The predicted molar refractivity (Wildman–Crippen MR) is 276 cm³/mol. The topological polar surface area (TPSA) is 196 Å². The smallest absolute Gasteiger partial charge is 0.456 e. The summed E-state index contributed by atoms with van der Waals surface area (Å²) in [6.45, 7) is 9.88. The van der Waals surface area contributed by atoms with E-state index in [1.807, 2.05) is 38.2 Å². The van der Waals surface area contributed by atoms with Crippen molar-refractivity contribution >= 4 is 94.9 Å². The van der Waals surface area contributed by atoms with Gasteiger partial charge in [0, 0.05) is 104 Å². The highest BCUT2D eigenvalue weighted by molar-refractivity contribution is 7.46. The van der Waals surface area contributed by atoms with E-state index < -0.39 is 37.2 Å². The van der Waals surface area contributed by atoms with Gasteiger partial charge >= 0.3 is 13.8 Å². The third-order valence-corrected chi connectivity index (χ3v) is 15.9. The van der Waals surface area contributed by atoms with Crippen LogP contribution in [0.25, 0.3) is 5.57 Å². The second kappa shape index (κ2) is 21.0. The molecule has 3 amide bonds. The van der Waals surface area contributed by atoms with Crippen LogP contribution >= 0.6 is 54.2 Å². The van der Waals surface area contributed by atoms with E-state index in [0.29, 0.717) is 66.0 Å². The summed E-state index contributed by atoms with van der Waals surface area (Å²) in [5.41, 5.74) is 4.72. The molecule has 4 aliphatic rings. The summed E-state index contributed by atoms with van der Waals surface area (Å²) in [5, 5.41) is 8.10. The number of hydrogen-bond donors (Lipinski definition) is 5. The van der Waals surface area contributed by atoms with Crippen molar-refractivity contribution in [2.75, 3.05) is 49.6 Å². The van der Waals surface area contributed by atoms with Gasteiger partial charge in [-0.05, 0) is 95.2 Å². The molecule has 15 nitrogen and oxygen atoms in total. The fraction of sp³-hybridized carbons (Fsp3) is 0.412. The van der Waals surface area contributed by atoms with E-state index in [1.165, 1.54) is 18.2 Å². The largest absolute Gasteiger partial charge is 0.524 e. The van der Waals surface area contributed by atoms with Crippen LogP contribution in [-0.4, -0.2) is 78.8 Å². The van der Waals surface area contributed by atoms with Gasteiger partial charge in [-0.15, -0.1) is 0 Å². The number of amides is 3. The number of allylic oxidation sites excluding steroid dienone is 1. The number of phosphoric acid groups is 1. The van der Waals surface area contributed by atoms with Gasteiger partial charge in [0.05, 0.1) is 31.2 Å². The fourth-order valence-corrected chi connectivity index (χ4v) is 11.5. The molecule has 5 N–H and O–H groups in total. The molecule has 4 aromatic carbocycles. The standard InChI is InChI=1S/C51H55Cl4FN5O10P/c1-27-14-15-36(71-72(66,67)68)31(21-27)47(56)48(64)59-16-8-6-7-12-39(62)57-17-18-58-40(63)13-10-20-61-19-9-11-29-22-32-37(24-34(29)61)69-38-25-35-30(28(2)26-50(3,4)60(35)5)23-33(38)51(32)42-41(49(65)70-51)43(52)45(54)46(55)44(42)53/h14-15,21-26,47H,6-13,16-20H2,1-5H3,(H,57,62)(H,58,63)(H,59,64)(H2,66,67,68). The van der Waals surface area contributed by atoms with Gasteiger partial charge < -0.3 is 39.7 Å². The number of rotatable bonds is 17. The summed E-state index contributed by atoms with van der Waals surface area (Å²) in [4.78, 5) is 74.6. The number of anilines is 2. The summed E-state index contributed by atoms with van der Waals surface area (Å²) in [6.07, 6.45) is 4.11. The summed E-state index contributed by atoms with van der Waals surface area (Å²) < 4.78 is 44.3. The van der Waals surface area contributed by atoms with Gasteiger partial charge in [-0.1, -0.05) is 70.5 Å². The first kappa shape index (κ1) is 53.2. The van der Waals surface area contributed by atoms with Gasteiger partial charge in [-0.2, -0.15) is 0 Å². The number of alkyl halides is 1. The normalized spacial score (nSPS) is 17.6. The molecule has 4 aliphatic heterocycles. The fourth-order valence-electron chi connectivity index (χ4n) is 9.97. The van der Waals surface area contributed by atoms with E-state index in [9.17, 15) is 23.7 Å². The van der Waals surface area contributed by atoms with Crippen LogP contribution in [0.2, 0.25) is 20.1 Å². The maximum atomic E-state index is 15.0. The molecule has 2 atom stereocenters. The van der Waals surface area contributed by atoms with Crippen LogP contribution < -0.4 is 35.0 Å². The number of fused-ring (bicyclic) bond motifs is 8. The molecule has 0 aliphatic carbocycles. The molecular weight excluding hydrogens is 1030 g/mol. The number of carbonyl (C=O) groups is 4. The van der Waals surface area contributed by atoms with Gasteiger partial charge in [0.1, 0.15) is 17.2 Å². The number of carbonyl (C=O) groups excluding carboxylic acids is 4. The molecule has 0 saturated carbocycles. The first-order valence-electron chi connectivity index (χ1n) is 23.7. The lowest BCUT2D eigenvalue weighted by Crippen LogP contribution is -2.42. The minimum absolute atomic E-state index is 0.00328. The lowest BCUT2D eigenvalue weighted by atomic mass is 9.75. The number of hydrogen-bond acceptors (Lipinski definition) is 10.